The van der Waals surface area contributed by atoms with E-state index in [1.54, 1.807) is 18.2 Å². The van der Waals surface area contributed by atoms with Gasteiger partial charge in [0.2, 0.25) is 0 Å². The van der Waals surface area contributed by atoms with Crippen LogP contribution in [0.4, 0.5) is 0 Å². The lowest BCUT2D eigenvalue weighted by Crippen LogP contribution is -2.20. The average molecular weight is 253 g/mol. The summed E-state index contributed by atoms with van der Waals surface area (Å²) >= 11 is 0. The lowest BCUT2D eigenvalue weighted by Gasteiger charge is -2.12. The summed E-state index contributed by atoms with van der Waals surface area (Å²) in [7, 11) is 1.48. The van der Waals surface area contributed by atoms with Gasteiger partial charge in [-0.25, -0.2) is 0 Å². The van der Waals surface area contributed by atoms with E-state index in [2.05, 4.69) is 0 Å². The van der Waals surface area contributed by atoms with Crippen LogP contribution in [0.2, 0.25) is 0 Å². The summed E-state index contributed by atoms with van der Waals surface area (Å²) in [4.78, 5) is 21.6. The Kier molecular flexibility index (Phi) is 4.67. The molecule has 0 heterocycles. The zero-order valence-corrected chi connectivity index (χ0v) is 10.2. The van der Waals surface area contributed by atoms with E-state index in [-0.39, 0.29) is 6.61 Å². The second kappa shape index (κ2) is 6.02. The molecule has 6 heteroatoms. The molecule has 1 aromatic rings. The van der Waals surface area contributed by atoms with E-state index in [1.807, 2.05) is 0 Å². The van der Waals surface area contributed by atoms with Gasteiger partial charge in [0.1, 0.15) is 18.4 Å². The van der Waals surface area contributed by atoms with Crippen LogP contribution in [0.3, 0.4) is 0 Å². The molecule has 1 aromatic carbocycles. The number of benzene rings is 1. The Hall–Kier alpha value is -2.08. The third kappa shape index (κ3) is 3.46. The van der Waals surface area contributed by atoms with Crippen molar-refractivity contribution in [3.63, 3.8) is 0 Å². The Bertz CT molecular complexity index is 458. The van der Waals surface area contributed by atoms with Gasteiger partial charge >= 0.3 is 11.9 Å². The average Bonchev–Trinajstić information content (AvgIpc) is 2.34. The topological polar surface area (TPSA) is 98.8 Å². The first kappa shape index (κ1) is 14.0. The fraction of sp³-hybridized carbons (Fsp3) is 0.333. The van der Waals surface area contributed by atoms with Gasteiger partial charge in [-0.05, 0) is 17.7 Å². The number of aliphatic carboxylic acids is 1. The third-order valence-electron chi connectivity index (χ3n) is 2.36. The maximum atomic E-state index is 10.8. The molecule has 18 heavy (non-hydrogen) atoms. The highest BCUT2D eigenvalue weighted by Gasteiger charge is 2.16. The van der Waals surface area contributed by atoms with Crippen LogP contribution in [-0.4, -0.2) is 24.2 Å². The van der Waals surface area contributed by atoms with Crippen LogP contribution >= 0.6 is 0 Å². The van der Waals surface area contributed by atoms with E-state index >= 15 is 0 Å². The first-order valence-electron chi connectivity index (χ1n) is 5.24. The van der Waals surface area contributed by atoms with Gasteiger partial charge in [0.15, 0.2) is 0 Å². The van der Waals surface area contributed by atoms with E-state index in [1.165, 1.54) is 14.0 Å². The molecule has 0 aliphatic rings. The third-order valence-corrected chi connectivity index (χ3v) is 2.36. The van der Waals surface area contributed by atoms with Gasteiger partial charge in [-0.3, -0.25) is 9.59 Å². The Morgan fingerprint density at radius 3 is 2.61 bits per heavy atom. The Balaban J connectivity index is 3.01. The molecule has 0 unspecified atom stereocenters. The van der Waals surface area contributed by atoms with Crippen LogP contribution in [0.1, 0.15) is 24.1 Å². The van der Waals surface area contributed by atoms with E-state index in [0.717, 1.165) is 0 Å². The van der Waals surface area contributed by atoms with Crippen molar-refractivity contribution in [2.45, 2.75) is 19.6 Å². The van der Waals surface area contributed by atoms with Crippen LogP contribution in [0.5, 0.6) is 5.75 Å². The molecule has 3 N–H and O–H groups in total. The number of hydrogen-bond acceptors (Lipinski definition) is 5. The van der Waals surface area contributed by atoms with E-state index < -0.39 is 18.0 Å². The molecule has 0 amide bonds. The predicted octanol–water partition coefficient (Wildman–Crippen LogP) is 0.843. The molecule has 0 fully saturated rings. The van der Waals surface area contributed by atoms with Crippen molar-refractivity contribution in [3.8, 4) is 5.75 Å². The number of nitrogens with two attached hydrogens (primary N) is 1. The maximum absolute atomic E-state index is 10.8. The molecule has 6 nitrogen and oxygen atoms in total. The van der Waals surface area contributed by atoms with Crippen molar-refractivity contribution < 1.29 is 24.2 Å². The van der Waals surface area contributed by atoms with Crippen LogP contribution < -0.4 is 10.5 Å². The van der Waals surface area contributed by atoms with Gasteiger partial charge in [0.05, 0.1) is 7.11 Å². The zero-order chi connectivity index (χ0) is 13.7. The highest BCUT2D eigenvalue weighted by molar-refractivity contribution is 5.75. The van der Waals surface area contributed by atoms with Gasteiger partial charge in [-0.1, -0.05) is 6.07 Å². The SMILES string of the molecule is COc1ccc([C@H](N)C(=O)O)cc1COC(C)=O. The van der Waals surface area contributed by atoms with Crippen LogP contribution in [0.15, 0.2) is 18.2 Å². The number of hydrogen-bond donors (Lipinski definition) is 2. The van der Waals surface area contributed by atoms with Gasteiger partial charge in [-0.15, -0.1) is 0 Å². The van der Waals surface area contributed by atoms with Gasteiger partial charge < -0.3 is 20.3 Å². The number of ether oxygens (including phenoxy) is 2. The minimum Gasteiger partial charge on any atom is -0.496 e. The number of carboxylic acids is 1. The lowest BCUT2D eigenvalue weighted by atomic mass is 10.0. The number of carbonyl (C=O) groups is 2. The molecule has 0 bridgehead atoms. The van der Waals surface area contributed by atoms with E-state index in [4.69, 9.17) is 20.3 Å². The minimum atomic E-state index is -1.13. The normalized spacial score (nSPS) is 11.7. The summed E-state index contributed by atoms with van der Waals surface area (Å²) in [6, 6.07) is 3.60. The first-order valence-corrected chi connectivity index (χ1v) is 5.24. The number of methoxy groups -OCH3 is 1. The molecular formula is C12H15NO5. The van der Waals surface area contributed by atoms with Crippen molar-refractivity contribution in [2.24, 2.45) is 5.73 Å². The fourth-order valence-electron chi connectivity index (χ4n) is 1.43. The number of carboxylic acid groups (broad SMARTS) is 1. The number of esters is 1. The number of carbonyl (C=O) groups excluding carboxylic acids is 1. The van der Waals surface area contributed by atoms with Gasteiger partial charge in [-0.2, -0.15) is 0 Å². The molecule has 0 radical (unpaired) electrons. The molecule has 98 valence electrons. The molecule has 0 aromatic heterocycles. The Labute approximate surface area is 104 Å². The van der Waals surface area contributed by atoms with Crippen molar-refractivity contribution in [3.05, 3.63) is 29.3 Å². The van der Waals surface area contributed by atoms with Crippen molar-refractivity contribution in [2.75, 3.05) is 7.11 Å². The highest BCUT2D eigenvalue weighted by Crippen LogP contribution is 2.23. The van der Waals surface area contributed by atoms with Crippen molar-refractivity contribution >= 4 is 11.9 Å². The molecule has 0 saturated carbocycles. The molecule has 1 rings (SSSR count). The van der Waals surface area contributed by atoms with Crippen molar-refractivity contribution in [1.82, 2.24) is 0 Å². The molecule has 0 aliphatic heterocycles. The summed E-state index contributed by atoms with van der Waals surface area (Å²) in [6.45, 7) is 1.30. The van der Waals surface area contributed by atoms with Gasteiger partial charge in [0, 0.05) is 12.5 Å². The predicted molar refractivity (Wildman–Crippen MR) is 63.0 cm³/mol. The summed E-state index contributed by atoms with van der Waals surface area (Å²) in [5, 5.41) is 8.83. The molecule has 0 aliphatic carbocycles. The maximum Gasteiger partial charge on any atom is 0.325 e. The zero-order valence-electron chi connectivity index (χ0n) is 10.2. The Morgan fingerprint density at radius 1 is 1.44 bits per heavy atom. The second-order valence-electron chi connectivity index (χ2n) is 3.67. The summed E-state index contributed by atoms with van der Waals surface area (Å²) < 4.78 is 9.95. The molecular weight excluding hydrogens is 238 g/mol. The highest BCUT2D eigenvalue weighted by atomic mass is 16.5. The van der Waals surface area contributed by atoms with E-state index in [0.29, 0.717) is 16.9 Å². The quantitative estimate of drug-likeness (QED) is 0.754. The van der Waals surface area contributed by atoms with Crippen molar-refractivity contribution in [1.29, 1.82) is 0 Å². The standard InChI is InChI=1S/C12H15NO5/c1-7(14)18-6-9-5-8(11(13)12(15)16)3-4-10(9)17-2/h3-5,11H,6,13H2,1-2H3,(H,15,16)/t11-/m0/s1. The van der Waals surface area contributed by atoms with Crippen LogP contribution in [-0.2, 0) is 20.9 Å². The van der Waals surface area contributed by atoms with Crippen LogP contribution in [0, 0.1) is 0 Å². The number of rotatable bonds is 5. The first-order chi connectivity index (χ1) is 8.45. The van der Waals surface area contributed by atoms with E-state index in [9.17, 15) is 9.59 Å². The molecule has 0 spiro atoms. The monoisotopic (exact) mass is 253 g/mol. The molecule has 0 saturated heterocycles. The second-order valence-corrected chi connectivity index (χ2v) is 3.67. The van der Waals surface area contributed by atoms with Crippen LogP contribution in [0.25, 0.3) is 0 Å². The smallest absolute Gasteiger partial charge is 0.325 e. The van der Waals surface area contributed by atoms with Gasteiger partial charge in [0.25, 0.3) is 0 Å². The summed E-state index contributed by atoms with van der Waals surface area (Å²) in [5.41, 5.74) is 6.50. The summed E-state index contributed by atoms with van der Waals surface area (Å²) in [5.74, 6) is -1.04. The minimum absolute atomic E-state index is 0.0126. The lowest BCUT2D eigenvalue weighted by molar-refractivity contribution is -0.142. The summed E-state index contributed by atoms with van der Waals surface area (Å²) in [6.07, 6.45) is 0. The molecule has 1 atom stereocenters. The Morgan fingerprint density at radius 2 is 2.11 bits per heavy atom. The largest absolute Gasteiger partial charge is 0.496 e. The fourth-order valence-corrected chi connectivity index (χ4v) is 1.43.